The molecule has 0 aliphatic heterocycles. The lowest BCUT2D eigenvalue weighted by Gasteiger charge is -2.23. The van der Waals surface area contributed by atoms with Crippen LogP contribution in [0.2, 0.25) is 0 Å². The molecule has 106 valence electrons. The average Bonchev–Trinajstić information content (AvgIpc) is 2.25. The molecule has 0 aliphatic carbocycles. The number of nitrogens with zero attached hydrogens (tertiary/aromatic N) is 2. The summed E-state index contributed by atoms with van der Waals surface area (Å²) in [6, 6.07) is 0. The van der Waals surface area contributed by atoms with Crippen LogP contribution < -0.4 is 5.32 Å². The average molecular weight is 258 g/mol. The van der Waals surface area contributed by atoms with Crippen molar-refractivity contribution in [3.8, 4) is 0 Å². The maximum atomic E-state index is 10.9. The number of rotatable bonds is 10. The Balaban J connectivity index is 3.19. The third kappa shape index (κ3) is 13.0. The van der Waals surface area contributed by atoms with Crippen LogP contribution in [0.15, 0.2) is 5.16 Å². The zero-order chi connectivity index (χ0) is 13.9. The number of hydrogen-bond donors (Lipinski definition) is 2. The molecule has 0 saturated carbocycles. The lowest BCUT2D eigenvalue weighted by Crippen LogP contribution is -2.35. The summed E-state index contributed by atoms with van der Waals surface area (Å²) in [5, 5.41) is 13.4. The van der Waals surface area contributed by atoms with Crippen LogP contribution in [0, 0.1) is 0 Å². The van der Waals surface area contributed by atoms with Crippen LogP contribution in [-0.4, -0.2) is 56.0 Å². The monoisotopic (exact) mass is 258 g/mol. The number of quaternary nitrogens is 1. The Morgan fingerprint density at radius 3 is 2.22 bits per heavy atom. The standard InChI is InChI=1S/C13H27N3O2/c1-16(2,3)11-9-7-5-4-6-8-10-14-13(17)12-15-18/h12H,4-11H2,1-3H3,(H-,14,17,18)/p+1. The Morgan fingerprint density at radius 2 is 1.67 bits per heavy atom. The number of amides is 1. The summed E-state index contributed by atoms with van der Waals surface area (Å²) in [6.07, 6.45) is 8.07. The van der Waals surface area contributed by atoms with E-state index in [2.05, 4.69) is 31.6 Å². The first-order valence-electron chi connectivity index (χ1n) is 6.71. The number of carbonyl (C=O) groups is 1. The molecule has 0 rings (SSSR count). The first-order valence-corrected chi connectivity index (χ1v) is 6.71. The highest BCUT2D eigenvalue weighted by molar-refractivity contribution is 6.25. The predicted molar refractivity (Wildman–Crippen MR) is 73.9 cm³/mol. The number of hydrogen-bond acceptors (Lipinski definition) is 3. The lowest BCUT2D eigenvalue weighted by atomic mass is 10.1. The van der Waals surface area contributed by atoms with E-state index >= 15 is 0 Å². The fraction of sp³-hybridized carbons (Fsp3) is 0.846. The van der Waals surface area contributed by atoms with Crippen molar-refractivity contribution in [3.05, 3.63) is 0 Å². The van der Waals surface area contributed by atoms with Gasteiger partial charge in [-0.3, -0.25) is 4.79 Å². The van der Waals surface area contributed by atoms with Crippen molar-refractivity contribution in [2.24, 2.45) is 5.16 Å². The third-order valence-corrected chi connectivity index (χ3v) is 2.73. The predicted octanol–water partition coefficient (Wildman–Crippen LogP) is 1.61. The minimum Gasteiger partial charge on any atom is -0.411 e. The van der Waals surface area contributed by atoms with Gasteiger partial charge < -0.3 is 15.0 Å². The van der Waals surface area contributed by atoms with E-state index < -0.39 is 0 Å². The molecule has 0 atom stereocenters. The minimum atomic E-state index is -0.333. The summed E-state index contributed by atoms with van der Waals surface area (Å²) in [4.78, 5) is 10.9. The zero-order valence-corrected chi connectivity index (χ0v) is 12.0. The molecule has 0 saturated heterocycles. The second-order valence-electron chi connectivity index (χ2n) is 5.67. The summed E-state index contributed by atoms with van der Waals surface area (Å²) in [5.41, 5.74) is 0. The Hall–Kier alpha value is -1.10. The normalized spacial score (nSPS) is 11.9. The molecule has 1 amide bonds. The minimum absolute atomic E-state index is 0.333. The van der Waals surface area contributed by atoms with E-state index in [-0.39, 0.29) is 5.91 Å². The smallest absolute Gasteiger partial charge is 0.265 e. The summed E-state index contributed by atoms with van der Waals surface area (Å²) in [7, 11) is 6.66. The van der Waals surface area contributed by atoms with Crippen LogP contribution in [0.5, 0.6) is 0 Å². The van der Waals surface area contributed by atoms with Crippen LogP contribution in [0.1, 0.15) is 38.5 Å². The molecule has 5 heteroatoms. The molecule has 0 bridgehead atoms. The summed E-state index contributed by atoms with van der Waals surface area (Å²) < 4.78 is 1.04. The number of nitrogens with one attached hydrogen (secondary N) is 1. The molecular weight excluding hydrogens is 230 g/mol. The molecule has 5 nitrogen and oxygen atoms in total. The second-order valence-corrected chi connectivity index (χ2v) is 5.67. The molecule has 18 heavy (non-hydrogen) atoms. The first kappa shape index (κ1) is 16.9. The summed E-state index contributed by atoms with van der Waals surface area (Å²) in [5.74, 6) is -0.333. The Labute approximate surface area is 110 Å². The molecule has 0 fully saturated rings. The van der Waals surface area contributed by atoms with Gasteiger partial charge in [0.05, 0.1) is 27.7 Å². The quantitative estimate of drug-likeness (QED) is 0.206. The van der Waals surface area contributed by atoms with Crippen molar-refractivity contribution in [3.63, 3.8) is 0 Å². The molecule has 2 N–H and O–H groups in total. The highest BCUT2D eigenvalue weighted by atomic mass is 16.4. The van der Waals surface area contributed by atoms with Crippen LogP contribution in [0.25, 0.3) is 0 Å². The Bertz CT molecular complexity index is 247. The van der Waals surface area contributed by atoms with Gasteiger partial charge in [-0.2, -0.15) is 0 Å². The van der Waals surface area contributed by atoms with Gasteiger partial charge in [-0.05, 0) is 19.3 Å². The van der Waals surface area contributed by atoms with Crippen LogP contribution in [0.3, 0.4) is 0 Å². The van der Waals surface area contributed by atoms with Gasteiger partial charge in [-0.25, -0.2) is 0 Å². The molecule has 0 aromatic carbocycles. The fourth-order valence-corrected chi connectivity index (χ4v) is 1.73. The summed E-state index contributed by atoms with van der Waals surface area (Å²) in [6.45, 7) is 1.89. The Kier molecular flexibility index (Phi) is 9.28. The van der Waals surface area contributed by atoms with Crippen molar-refractivity contribution in [1.29, 1.82) is 0 Å². The molecule has 0 unspecified atom stereocenters. The van der Waals surface area contributed by atoms with E-state index in [0.29, 0.717) is 6.54 Å². The first-order chi connectivity index (χ1) is 8.45. The van der Waals surface area contributed by atoms with Crippen molar-refractivity contribution in [1.82, 2.24) is 5.32 Å². The topological polar surface area (TPSA) is 61.7 Å². The van der Waals surface area contributed by atoms with Gasteiger partial charge in [-0.15, -0.1) is 0 Å². The maximum absolute atomic E-state index is 10.9. The number of carbonyl (C=O) groups excluding carboxylic acids is 1. The number of oxime groups is 1. The molecule has 0 aliphatic rings. The van der Waals surface area contributed by atoms with Crippen molar-refractivity contribution < 1.29 is 14.5 Å². The lowest BCUT2D eigenvalue weighted by molar-refractivity contribution is -0.870. The number of unbranched alkanes of at least 4 members (excludes halogenated alkanes) is 5. The fourth-order valence-electron chi connectivity index (χ4n) is 1.73. The molecule has 0 spiro atoms. The molecule has 0 radical (unpaired) electrons. The maximum Gasteiger partial charge on any atom is 0.265 e. The van der Waals surface area contributed by atoms with Gasteiger partial charge in [0.2, 0.25) is 0 Å². The SMILES string of the molecule is C[N+](C)(C)CCCCCCCCNC(=O)C=NO. The van der Waals surface area contributed by atoms with Gasteiger partial charge in [-0.1, -0.05) is 24.4 Å². The van der Waals surface area contributed by atoms with E-state index in [1.807, 2.05) is 0 Å². The van der Waals surface area contributed by atoms with E-state index in [1.165, 1.54) is 32.2 Å². The molecule has 0 heterocycles. The zero-order valence-electron chi connectivity index (χ0n) is 12.0. The van der Waals surface area contributed by atoms with Crippen molar-refractivity contribution in [2.75, 3.05) is 34.2 Å². The van der Waals surface area contributed by atoms with Crippen molar-refractivity contribution in [2.45, 2.75) is 38.5 Å². The molecular formula is C13H28N3O2+. The molecule has 0 aromatic heterocycles. The van der Waals surface area contributed by atoms with Crippen molar-refractivity contribution >= 4 is 12.1 Å². The highest BCUT2D eigenvalue weighted by Crippen LogP contribution is 2.06. The summed E-state index contributed by atoms with van der Waals surface area (Å²) >= 11 is 0. The van der Waals surface area contributed by atoms with E-state index in [9.17, 15) is 4.79 Å². The second kappa shape index (κ2) is 9.88. The largest absolute Gasteiger partial charge is 0.411 e. The van der Waals surface area contributed by atoms with Gasteiger partial charge in [0.1, 0.15) is 6.21 Å². The third-order valence-electron chi connectivity index (χ3n) is 2.73. The Morgan fingerprint density at radius 1 is 1.11 bits per heavy atom. The van der Waals surface area contributed by atoms with E-state index in [1.54, 1.807) is 0 Å². The van der Waals surface area contributed by atoms with Gasteiger partial charge in [0.25, 0.3) is 5.91 Å². The van der Waals surface area contributed by atoms with E-state index in [4.69, 9.17) is 5.21 Å². The van der Waals surface area contributed by atoms with Gasteiger partial charge in [0, 0.05) is 6.54 Å². The molecule has 0 aromatic rings. The highest BCUT2D eigenvalue weighted by Gasteiger charge is 2.04. The van der Waals surface area contributed by atoms with Crippen LogP contribution >= 0.6 is 0 Å². The van der Waals surface area contributed by atoms with E-state index in [0.717, 1.165) is 23.5 Å². The van der Waals surface area contributed by atoms with Crippen LogP contribution in [0.4, 0.5) is 0 Å². The van der Waals surface area contributed by atoms with Gasteiger partial charge in [0.15, 0.2) is 0 Å². The van der Waals surface area contributed by atoms with Gasteiger partial charge >= 0.3 is 0 Å². The van der Waals surface area contributed by atoms with Crippen LogP contribution in [-0.2, 0) is 4.79 Å².